The summed E-state index contributed by atoms with van der Waals surface area (Å²) in [7, 11) is 0. The minimum absolute atomic E-state index is 0.0312. The van der Waals surface area contributed by atoms with Gasteiger partial charge >= 0.3 is 6.03 Å². The molecule has 0 aromatic heterocycles. The van der Waals surface area contributed by atoms with Gasteiger partial charge in [-0.25, -0.2) is 4.79 Å². The standard InChI is InChI=1S/C20H29N3O2/c24-11-10-23(17-7-8-17)20(25)21-19-9-6-16-13-22(14-18(16)19)12-15-4-2-1-3-5-15/h1-5,16-19,24H,6-14H2,(H,21,25). The van der Waals surface area contributed by atoms with Gasteiger partial charge in [0, 0.05) is 38.3 Å². The van der Waals surface area contributed by atoms with E-state index in [1.807, 2.05) is 4.90 Å². The number of fused-ring (bicyclic) bond motifs is 1. The number of carbonyl (C=O) groups is 1. The fraction of sp³-hybridized carbons (Fsp3) is 0.650. The molecule has 2 amide bonds. The highest BCUT2D eigenvalue weighted by molar-refractivity contribution is 5.75. The predicted octanol–water partition coefficient (Wildman–Crippen LogP) is 2.06. The van der Waals surface area contributed by atoms with Gasteiger partial charge < -0.3 is 15.3 Å². The van der Waals surface area contributed by atoms with Crippen LogP contribution in [0.1, 0.15) is 31.2 Å². The summed E-state index contributed by atoms with van der Waals surface area (Å²) in [6.45, 7) is 3.74. The first-order chi connectivity index (χ1) is 12.2. The van der Waals surface area contributed by atoms with Gasteiger partial charge in [0.15, 0.2) is 0 Å². The van der Waals surface area contributed by atoms with Crippen LogP contribution in [0.5, 0.6) is 0 Å². The number of rotatable bonds is 6. The molecule has 3 fully saturated rings. The van der Waals surface area contributed by atoms with Crippen LogP contribution in [0.2, 0.25) is 0 Å². The van der Waals surface area contributed by atoms with Crippen molar-refractivity contribution < 1.29 is 9.90 Å². The SMILES string of the molecule is O=C(NC1CCC2CN(Cc3ccccc3)CC21)N(CCO)C1CC1. The molecule has 5 heteroatoms. The number of nitrogens with one attached hydrogen (secondary N) is 1. The molecular weight excluding hydrogens is 314 g/mol. The largest absolute Gasteiger partial charge is 0.395 e. The molecule has 2 saturated carbocycles. The summed E-state index contributed by atoms with van der Waals surface area (Å²) in [5.41, 5.74) is 1.37. The second-order valence-electron chi connectivity index (χ2n) is 7.89. The second kappa shape index (κ2) is 7.34. The van der Waals surface area contributed by atoms with Crippen molar-refractivity contribution in [1.29, 1.82) is 0 Å². The van der Waals surface area contributed by atoms with Crippen LogP contribution in [0.3, 0.4) is 0 Å². The zero-order chi connectivity index (χ0) is 17.2. The Labute approximate surface area is 150 Å². The summed E-state index contributed by atoms with van der Waals surface area (Å²) in [4.78, 5) is 17.0. The van der Waals surface area contributed by atoms with Crippen molar-refractivity contribution in [3.8, 4) is 0 Å². The highest BCUT2D eigenvalue weighted by atomic mass is 16.3. The van der Waals surface area contributed by atoms with Crippen LogP contribution in [0.25, 0.3) is 0 Å². The summed E-state index contributed by atoms with van der Waals surface area (Å²) in [6, 6.07) is 11.3. The van der Waals surface area contributed by atoms with Gasteiger partial charge in [-0.2, -0.15) is 0 Å². The zero-order valence-corrected chi connectivity index (χ0v) is 14.8. The molecule has 0 spiro atoms. The van der Waals surface area contributed by atoms with Gasteiger partial charge in [-0.05, 0) is 43.1 Å². The number of aliphatic hydroxyl groups is 1. The lowest BCUT2D eigenvalue weighted by Crippen LogP contribution is -2.48. The van der Waals surface area contributed by atoms with Crippen molar-refractivity contribution in [1.82, 2.24) is 15.1 Å². The van der Waals surface area contributed by atoms with E-state index in [1.165, 1.54) is 12.0 Å². The smallest absolute Gasteiger partial charge is 0.317 e. The van der Waals surface area contributed by atoms with Gasteiger partial charge in [0.1, 0.15) is 0 Å². The molecule has 4 rings (SSSR count). The van der Waals surface area contributed by atoms with Crippen molar-refractivity contribution in [2.75, 3.05) is 26.2 Å². The van der Waals surface area contributed by atoms with Crippen molar-refractivity contribution in [3.63, 3.8) is 0 Å². The molecule has 0 radical (unpaired) electrons. The van der Waals surface area contributed by atoms with E-state index in [2.05, 4.69) is 40.5 Å². The van der Waals surface area contributed by atoms with E-state index in [9.17, 15) is 9.90 Å². The Morgan fingerprint density at radius 3 is 2.68 bits per heavy atom. The van der Waals surface area contributed by atoms with Gasteiger partial charge in [-0.3, -0.25) is 4.90 Å². The topological polar surface area (TPSA) is 55.8 Å². The number of nitrogens with zero attached hydrogens (tertiary/aromatic N) is 2. The number of hydrogen-bond donors (Lipinski definition) is 2. The van der Waals surface area contributed by atoms with E-state index in [4.69, 9.17) is 0 Å². The summed E-state index contributed by atoms with van der Waals surface area (Å²) in [5.74, 6) is 1.28. The number of carbonyl (C=O) groups excluding carboxylic acids is 1. The Hall–Kier alpha value is -1.59. The average Bonchev–Trinajstić information content (AvgIpc) is 3.28. The lowest BCUT2D eigenvalue weighted by molar-refractivity contribution is 0.167. The predicted molar refractivity (Wildman–Crippen MR) is 97.1 cm³/mol. The van der Waals surface area contributed by atoms with Crippen LogP contribution in [0.15, 0.2) is 30.3 Å². The molecule has 25 heavy (non-hydrogen) atoms. The minimum Gasteiger partial charge on any atom is -0.395 e. The third kappa shape index (κ3) is 3.82. The van der Waals surface area contributed by atoms with Gasteiger partial charge in [-0.15, -0.1) is 0 Å². The Balaban J connectivity index is 1.33. The first kappa shape index (κ1) is 16.9. The van der Waals surface area contributed by atoms with Crippen LogP contribution >= 0.6 is 0 Å². The summed E-state index contributed by atoms with van der Waals surface area (Å²) in [6.07, 6.45) is 4.46. The van der Waals surface area contributed by atoms with E-state index >= 15 is 0 Å². The fourth-order valence-corrected chi connectivity index (χ4v) is 4.69. The molecule has 2 N–H and O–H groups in total. The quantitative estimate of drug-likeness (QED) is 0.831. The third-order valence-corrected chi connectivity index (χ3v) is 6.08. The number of likely N-dealkylation sites (tertiary alicyclic amines) is 1. The van der Waals surface area contributed by atoms with Crippen LogP contribution in [-0.2, 0) is 6.54 Å². The van der Waals surface area contributed by atoms with E-state index in [-0.39, 0.29) is 12.6 Å². The molecule has 3 unspecified atom stereocenters. The lowest BCUT2D eigenvalue weighted by Gasteiger charge is -2.27. The van der Waals surface area contributed by atoms with Crippen LogP contribution in [0, 0.1) is 11.8 Å². The maximum Gasteiger partial charge on any atom is 0.317 e. The molecule has 136 valence electrons. The molecule has 5 nitrogen and oxygen atoms in total. The van der Waals surface area contributed by atoms with Crippen molar-refractivity contribution in [2.45, 2.75) is 44.3 Å². The van der Waals surface area contributed by atoms with Crippen molar-refractivity contribution >= 4 is 6.03 Å². The number of benzene rings is 1. The first-order valence-corrected chi connectivity index (χ1v) is 9.69. The highest BCUT2D eigenvalue weighted by Crippen LogP contribution is 2.39. The van der Waals surface area contributed by atoms with Crippen molar-refractivity contribution in [3.05, 3.63) is 35.9 Å². The Bertz CT molecular complexity index is 590. The molecule has 3 atom stereocenters. The number of amides is 2. The fourth-order valence-electron chi connectivity index (χ4n) is 4.69. The normalized spacial score (nSPS) is 28.8. The number of hydrogen-bond acceptors (Lipinski definition) is 3. The number of aliphatic hydroxyl groups excluding tert-OH is 1. The van der Waals surface area contributed by atoms with Crippen LogP contribution in [0.4, 0.5) is 4.79 Å². The molecule has 1 aliphatic heterocycles. The molecule has 0 bridgehead atoms. The molecule has 1 aromatic carbocycles. The van der Waals surface area contributed by atoms with Gasteiger partial charge in [-0.1, -0.05) is 30.3 Å². The average molecular weight is 343 g/mol. The monoisotopic (exact) mass is 343 g/mol. The molecule has 3 aliphatic rings. The molecule has 1 saturated heterocycles. The molecule has 1 heterocycles. The Morgan fingerprint density at radius 1 is 1.16 bits per heavy atom. The zero-order valence-electron chi connectivity index (χ0n) is 14.8. The Kier molecular flexibility index (Phi) is 4.95. The Morgan fingerprint density at radius 2 is 1.96 bits per heavy atom. The molecule has 1 aromatic rings. The van der Waals surface area contributed by atoms with E-state index in [1.54, 1.807) is 0 Å². The summed E-state index contributed by atoms with van der Waals surface area (Å²) in [5, 5.41) is 12.5. The number of urea groups is 1. The van der Waals surface area contributed by atoms with Gasteiger partial charge in [0.05, 0.1) is 6.61 Å². The maximum absolute atomic E-state index is 12.6. The third-order valence-electron chi connectivity index (χ3n) is 6.08. The summed E-state index contributed by atoms with van der Waals surface area (Å²) >= 11 is 0. The molecular formula is C20H29N3O2. The summed E-state index contributed by atoms with van der Waals surface area (Å²) < 4.78 is 0. The van der Waals surface area contributed by atoms with E-state index in [0.29, 0.717) is 30.5 Å². The van der Waals surface area contributed by atoms with Gasteiger partial charge in [0.2, 0.25) is 0 Å². The highest BCUT2D eigenvalue weighted by Gasteiger charge is 2.44. The van der Waals surface area contributed by atoms with Crippen LogP contribution < -0.4 is 5.32 Å². The van der Waals surface area contributed by atoms with Crippen LogP contribution in [-0.4, -0.2) is 59.3 Å². The van der Waals surface area contributed by atoms with E-state index in [0.717, 1.165) is 38.9 Å². The molecule has 2 aliphatic carbocycles. The minimum atomic E-state index is 0.0312. The maximum atomic E-state index is 12.6. The second-order valence-corrected chi connectivity index (χ2v) is 7.89. The van der Waals surface area contributed by atoms with E-state index < -0.39 is 0 Å². The lowest BCUT2D eigenvalue weighted by atomic mass is 9.98. The first-order valence-electron chi connectivity index (χ1n) is 9.69. The van der Waals surface area contributed by atoms with Crippen molar-refractivity contribution in [2.24, 2.45) is 11.8 Å². The van der Waals surface area contributed by atoms with Gasteiger partial charge in [0.25, 0.3) is 0 Å².